The van der Waals surface area contributed by atoms with Gasteiger partial charge in [0.1, 0.15) is 0 Å². The zero-order valence-electron chi connectivity index (χ0n) is 13.1. The van der Waals surface area contributed by atoms with Crippen molar-refractivity contribution < 1.29 is 14.7 Å². The van der Waals surface area contributed by atoms with Crippen molar-refractivity contribution in [3.63, 3.8) is 0 Å². The number of hydrogen-bond acceptors (Lipinski definition) is 2. The van der Waals surface area contributed by atoms with Crippen molar-refractivity contribution in [3.8, 4) is 0 Å². The van der Waals surface area contributed by atoms with Gasteiger partial charge in [-0.25, -0.2) is 4.79 Å². The first-order chi connectivity index (χ1) is 10.8. The van der Waals surface area contributed by atoms with Gasteiger partial charge >= 0.3 is 12.0 Å². The van der Waals surface area contributed by atoms with E-state index in [9.17, 15) is 14.7 Å². The highest BCUT2D eigenvalue weighted by molar-refractivity contribution is 6.35. The number of nitrogens with zero attached hydrogens (tertiary/aromatic N) is 1. The number of likely N-dealkylation sites (tertiary alicyclic amines) is 1. The number of carbonyl (C=O) groups is 2. The van der Waals surface area contributed by atoms with Crippen LogP contribution < -0.4 is 5.32 Å². The minimum atomic E-state index is -0.858. The number of aliphatic carboxylic acids is 1. The van der Waals surface area contributed by atoms with E-state index < -0.39 is 11.9 Å². The minimum absolute atomic E-state index is 0.157. The Morgan fingerprint density at radius 3 is 2.65 bits per heavy atom. The van der Waals surface area contributed by atoms with E-state index in [0.29, 0.717) is 23.0 Å². The molecule has 5 nitrogen and oxygen atoms in total. The van der Waals surface area contributed by atoms with Crippen molar-refractivity contribution >= 4 is 35.2 Å². The molecule has 0 spiro atoms. The second kappa shape index (κ2) is 7.41. The predicted molar refractivity (Wildman–Crippen MR) is 89.9 cm³/mol. The third kappa shape index (κ3) is 4.52. The smallest absolute Gasteiger partial charge is 0.317 e. The van der Waals surface area contributed by atoms with Crippen molar-refractivity contribution in [1.29, 1.82) is 0 Å². The van der Waals surface area contributed by atoms with E-state index >= 15 is 0 Å². The number of nitrogens with one attached hydrogen (secondary N) is 1. The molecule has 1 saturated heterocycles. The number of carbonyl (C=O) groups excluding carboxylic acids is 1. The Hall–Kier alpha value is -1.46. The Balaban J connectivity index is 2.04. The molecule has 126 valence electrons. The van der Waals surface area contributed by atoms with Gasteiger partial charge in [0.2, 0.25) is 0 Å². The highest BCUT2D eigenvalue weighted by atomic mass is 35.5. The molecular formula is C16H20Cl2N2O3. The van der Waals surface area contributed by atoms with Crippen LogP contribution in [-0.2, 0) is 4.79 Å². The molecule has 23 heavy (non-hydrogen) atoms. The fraction of sp³-hybridized carbons (Fsp3) is 0.500. The van der Waals surface area contributed by atoms with E-state index in [4.69, 9.17) is 23.2 Å². The third-order valence-corrected chi connectivity index (χ3v) is 4.63. The first-order valence-corrected chi connectivity index (χ1v) is 8.26. The van der Waals surface area contributed by atoms with Gasteiger partial charge < -0.3 is 15.3 Å². The molecule has 1 aromatic rings. The molecule has 2 unspecified atom stereocenters. The van der Waals surface area contributed by atoms with Crippen LogP contribution in [0.25, 0.3) is 0 Å². The first kappa shape index (κ1) is 17.9. The van der Waals surface area contributed by atoms with Crippen LogP contribution in [0.4, 0.5) is 4.79 Å². The summed E-state index contributed by atoms with van der Waals surface area (Å²) in [5.74, 6) is -1.22. The molecule has 2 N–H and O–H groups in total. The molecule has 1 aliphatic heterocycles. The van der Waals surface area contributed by atoms with Crippen LogP contribution >= 0.6 is 23.2 Å². The summed E-state index contributed by atoms with van der Waals surface area (Å²) in [6, 6.07) is 4.54. The van der Waals surface area contributed by atoms with E-state index in [2.05, 4.69) is 5.32 Å². The van der Waals surface area contributed by atoms with Crippen LogP contribution in [0.1, 0.15) is 31.9 Å². The molecule has 0 aliphatic carbocycles. The largest absolute Gasteiger partial charge is 0.481 e. The fourth-order valence-electron chi connectivity index (χ4n) is 2.90. The Kier molecular flexibility index (Phi) is 5.76. The third-order valence-electron chi connectivity index (χ3n) is 4.07. The van der Waals surface area contributed by atoms with Crippen LogP contribution in [0, 0.1) is 11.8 Å². The summed E-state index contributed by atoms with van der Waals surface area (Å²) in [4.78, 5) is 25.2. The molecule has 0 bridgehead atoms. The monoisotopic (exact) mass is 358 g/mol. The Morgan fingerprint density at radius 2 is 2.04 bits per heavy atom. The van der Waals surface area contributed by atoms with Gasteiger partial charge in [-0.05, 0) is 37.0 Å². The number of carboxylic acid groups (broad SMARTS) is 1. The molecule has 1 aromatic carbocycles. The van der Waals surface area contributed by atoms with Crippen molar-refractivity contribution in [3.05, 3.63) is 33.8 Å². The number of rotatable bonds is 3. The van der Waals surface area contributed by atoms with Crippen molar-refractivity contribution in [2.24, 2.45) is 11.8 Å². The normalized spacial score (nSPS) is 22.5. The molecule has 2 amide bonds. The van der Waals surface area contributed by atoms with Gasteiger partial charge in [-0.15, -0.1) is 0 Å². The zero-order valence-corrected chi connectivity index (χ0v) is 14.6. The standard InChI is InChI=1S/C16H20Cl2N2O3/c1-9-5-11(15(21)22)8-20(7-9)16(23)19-10(2)13-4-3-12(17)6-14(13)18/h3-4,6,9-11H,5,7-8H2,1-2H3,(H,19,23)(H,21,22)/t9?,10-,11?/m0/s1. The first-order valence-electron chi connectivity index (χ1n) is 7.51. The summed E-state index contributed by atoms with van der Waals surface area (Å²) >= 11 is 12.0. The van der Waals surface area contributed by atoms with Gasteiger partial charge in [0.25, 0.3) is 0 Å². The SMILES string of the molecule is CC1CC(C(=O)O)CN(C(=O)N[C@@H](C)c2ccc(Cl)cc2Cl)C1. The average molecular weight is 359 g/mol. The molecule has 1 heterocycles. The van der Waals surface area contributed by atoms with Crippen molar-refractivity contribution in [1.82, 2.24) is 10.2 Å². The maximum Gasteiger partial charge on any atom is 0.317 e. The molecule has 0 saturated carbocycles. The maximum absolute atomic E-state index is 12.4. The number of hydrogen-bond donors (Lipinski definition) is 2. The van der Waals surface area contributed by atoms with Crippen LogP contribution in [0.5, 0.6) is 0 Å². The zero-order chi connectivity index (χ0) is 17.1. The van der Waals surface area contributed by atoms with Crippen LogP contribution in [0.3, 0.4) is 0 Å². The van der Waals surface area contributed by atoms with Gasteiger partial charge in [-0.2, -0.15) is 0 Å². The number of urea groups is 1. The predicted octanol–water partition coefficient (Wildman–Crippen LogP) is 3.81. The maximum atomic E-state index is 12.4. The highest BCUT2D eigenvalue weighted by Gasteiger charge is 2.32. The lowest BCUT2D eigenvalue weighted by Crippen LogP contribution is -2.49. The Morgan fingerprint density at radius 1 is 1.35 bits per heavy atom. The summed E-state index contributed by atoms with van der Waals surface area (Å²) in [6.07, 6.45) is 0.595. The van der Waals surface area contributed by atoms with Gasteiger partial charge in [-0.3, -0.25) is 4.79 Å². The van der Waals surface area contributed by atoms with E-state index in [1.54, 1.807) is 23.1 Å². The molecular weight excluding hydrogens is 339 g/mol. The van der Waals surface area contributed by atoms with E-state index in [1.807, 2.05) is 13.8 Å². The molecule has 7 heteroatoms. The molecule has 2 rings (SSSR count). The molecule has 0 aromatic heterocycles. The quantitative estimate of drug-likeness (QED) is 0.862. The number of piperidine rings is 1. The minimum Gasteiger partial charge on any atom is -0.481 e. The van der Waals surface area contributed by atoms with Gasteiger partial charge in [0.05, 0.1) is 12.0 Å². The average Bonchev–Trinajstić information content (AvgIpc) is 2.46. The van der Waals surface area contributed by atoms with E-state index in [0.717, 1.165) is 5.56 Å². The lowest BCUT2D eigenvalue weighted by Gasteiger charge is -2.35. The number of carboxylic acids is 1. The summed E-state index contributed by atoms with van der Waals surface area (Å²) in [6.45, 7) is 4.56. The number of benzene rings is 1. The van der Waals surface area contributed by atoms with Gasteiger partial charge in [0.15, 0.2) is 0 Å². The Labute approximate surface area is 145 Å². The topological polar surface area (TPSA) is 69.6 Å². The number of amides is 2. The van der Waals surface area contributed by atoms with Gasteiger partial charge in [-0.1, -0.05) is 36.2 Å². The summed E-state index contributed by atoms with van der Waals surface area (Å²) < 4.78 is 0. The summed E-state index contributed by atoms with van der Waals surface area (Å²) in [7, 11) is 0. The summed E-state index contributed by atoms with van der Waals surface area (Å²) in [5.41, 5.74) is 0.768. The number of halogens is 2. The molecule has 0 radical (unpaired) electrons. The lowest BCUT2D eigenvalue weighted by molar-refractivity contribution is -0.143. The lowest BCUT2D eigenvalue weighted by atomic mass is 9.91. The Bertz CT molecular complexity index is 609. The summed E-state index contributed by atoms with van der Waals surface area (Å²) in [5, 5.41) is 13.1. The van der Waals surface area contributed by atoms with Crippen molar-refractivity contribution in [2.75, 3.05) is 13.1 Å². The molecule has 3 atom stereocenters. The molecule has 1 fully saturated rings. The second-order valence-electron chi connectivity index (χ2n) is 6.12. The van der Waals surface area contributed by atoms with Crippen LogP contribution in [0.15, 0.2) is 18.2 Å². The van der Waals surface area contributed by atoms with E-state index in [1.165, 1.54) is 0 Å². The second-order valence-corrected chi connectivity index (χ2v) is 6.96. The van der Waals surface area contributed by atoms with Crippen LogP contribution in [0.2, 0.25) is 10.0 Å². The fourth-order valence-corrected chi connectivity index (χ4v) is 3.48. The van der Waals surface area contributed by atoms with E-state index in [-0.39, 0.29) is 24.5 Å². The van der Waals surface area contributed by atoms with Crippen molar-refractivity contribution in [2.45, 2.75) is 26.3 Å². The highest BCUT2D eigenvalue weighted by Crippen LogP contribution is 2.27. The molecule has 1 aliphatic rings. The van der Waals surface area contributed by atoms with Crippen LogP contribution in [-0.4, -0.2) is 35.1 Å². The van der Waals surface area contributed by atoms with Gasteiger partial charge in [0, 0.05) is 23.1 Å².